The van der Waals surface area contributed by atoms with Crippen molar-refractivity contribution in [2.45, 2.75) is 24.5 Å². The Bertz CT molecular complexity index is 728. The molecule has 5 atom stereocenters. The summed E-state index contributed by atoms with van der Waals surface area (Å²) in [6, 6.07) is 0.0817. The Morgan fingerprint density at radius 3 is 2.79 bits per heavy atom. The zero-order chi connectivity index (χ0) is 17.4. The molecule has 0 aliphatic carbocycles. The van der Waals surface area contributed by atoms with Crippen molar-refractivity contribution in [3.05, 3.63) is 6.33 Å². The van der Waals surface area contributed by atoms with E-state index in [4.69, 9.17) is 30.1 Å². The van der Waals surface area contributed by atoms with Crippen molar-refractivity contribution in [2.24, 2.45) is 5.50 Å². The maximum atomic E-state index is 10.3. The average molecular weight is 360 g/mol. The van der Waals surface area contributed by atoms with Crippen LogP contribution in [0.5, 0.6) is 6.01 Å². The summed E-state index contributed by atoms with van der Waals surface area (Å²) in [5.41, 5.74) is 11.5. The lowest BCUT2D eigenvalue weighted by Gasteiger charge is -2.18. The van der Waals surface area contributed by atoms with Crippen LogP contribution in [0.4, 0.5) is 5.82 Å². The molecule has 0 radical (unpaired) electrons. The van der Waals surface area contributed by atoms with Gasteiger partial charge in [-0.05, 0) is 0 Å². The maximum absolute atomic E-state index is 10.3. The lowest BCUT2D eigenvalue weighted by Crippen LogP contribution is -2.33. The number of anilines is 1. The first-order chi connectivity index (χ1) is 11.4. The Morgan fingerprint density at radius 2 is 2.12 bits per heavy atom. The maximum Gasteiger partial charge on any atom is 0.300 e. The molecule has 0 bridgehead atoms. The standard InChI is InChI=1S/C11H17N6O6P/c1-21-11-16-5-8(12)14-3-15-9(5)17(11)10-7(19)6(18)4(23-10)2-22-24(13)20/h3-4,6-7,10,18-20H,2,13H2,1H3,(H2,12,14,15)/t4-,6-,7-,10-,24?/m1/s1. The number of aliphatic hydroxyl groups excluding tert-OH is 2. The predicted octanol–water partition coefficient (Wildman–Crippen LogP) is -1.77. The number of fused-ring (bicyclic) bond motifs is 1. The fraction of sp³-hybridized carbons (Fsp3) is 0.545. The molecule has 1 saturated heterocycles. The Labute approximate surface area is 137 Å². The molecule has 132 valence electrons. The highest BCUT2D eigenvalue weighted by Crippen LogP contribution is 2.36. The molecule has 3 heterocycles. The van der Waals surface area contributed by atoms with Gasteiger partial charge in [0.25, 0.3) is 0 Å². The summed E-state index contributed by atoms with van der Waals surface area (Å²) in [4.78, 5) is 21.1. The van der Waals surface area contributed by atoms with Gasteiger partial charge >= 0.3 is 6.01 Å². The van der Waals surface area contributed by atoms with Crippen LogP contribution in [0.25, 0.3) is 11.2 Å². The zero-order valence-corrected chi connectivity index (χ0v) is 13.4. The largest absolute Gasteiger partial charge is 0.468 e. The van der Waals surface area contributed by atoms with Crippen LogP contribution in [0.15, 0.2) is 6.33 Å². The van der Waals surface area contributed by atoms with Crippen LogP contribution < -0.4 is 16.0 Å². The van der Waals surface area contributed by atoms with Crippen molar-refractivity contribution in [2.75, 3.05) is 19.5 Å². The molecule has 1 aliphatic rings. The number of imidazole rings is 1. The number of rotatable bonds is 5. The molecule has 3 rings (SSSR count). The van der Waals surface area contributed by atoms with Gasteiger partial charge in [-0.2, -0.15) is 4.98 Å². The third kappa shape index (κ3) is 2.89. The van der Waals surface area contributed by atoms with Crippen LogP contribution in [0.1, 0.15) is 6.23 Å². The van der Waals surface area contributed by atoms with Crippen LogP contribution in [-0.4, -0.2) is 66.7 Å². The second kappa shape index (κ2) is 6.69. The van der Waals surface area contributed by atoms with E-state index in [2.05, 4.69) is 15.0 Å². The Hall–Kier alpha value is -1.66. The normalized spacial score (nSPS) is 28.4. The number of hydrogen-bond donors (Lipinski definition) is 5. The van der Waals surface area contributed by atoms with Gasteiger partial charge in [-0.25, -0.2) is 14.5 Å². The summed E-state index contributed by atoms with van der Waals surface area (Å²) < 4.78 is 17.1. The highest BCUT2D eigenvalue weighted by atomic mass is 31.2. The van der Waals surface area contributed by atoms with Crippen molar-refractivity contribution < 1.29 is 29.1 Å². The van der Waals surface area contributed by atoms with E-state index in [1.807, 2.05) is 0 Å². The molecule has 7 N–H and O–H groups in total. The van der Waals surface area contributed by atoms with Crippen molar-refractivity contribution in [3.63, 3.8) is 0 Å². The summed E-state index contributed by atoms with van der Waals surface area (Å²) in [5, 5.41) is 20.4. The van der Waals surface area contributed by atoms with Crippen LogP contribution in [-0.2, 0) is 9.26 Å². The molecular formula is C11H17N6O6P. The summed E-state index contributed by atoms with van der Waals surface area (Å²) in [6.07, 6.45) is -3.31. The van der Waals surface area contributed by atoms with Crippen LogP contribution in [0.2, 0.25) is 0 Å². The Balaban J connectivity index is 1.96. The first-order valence-corrected chi connectivity index (χ1v) is 8.12. The van der Waals surface area contributed by atoms with Gasteiger partial charge in [-0.3, -0.25) is 5.50 Å². The van der Waals surface area contributed by atoms with Crippen molar-refractivity contribution >= 4 is 25.5 Å². The van der Waals surface area contributed by atoms with Gasteiger partial charge in [-0.1, -0.05) is 0 Å². The first-order valence-electron chi connectivity index (χ1n) is 6.84. The molecule has 1 unspecified atom stereocenters. The van der Waals surface area contributed by atoms with Crippen molar-refractivity contribution in [3.8, 4) is 6.01 Å². The minimum absolute atomic E-state index is 0.0817. The van der Waals surface area contributed by atoms with Crippen LogP contribution >= 0.6 is 8.53 Å². The van der Waals surface area contributed by atoms with Gasteiger partial charge in [-0.15, -0.1) is 0 Å². The van der Waals surface area contributed by atoms with Gasteiger partial charge in [0.05, 0.1) is 13.7 Å². The van der Waals surface area contributed by atoms with E-state index in [0.29, 0.717) is 0 Å². The van der Waals surface area contributed by atoms with Crippen LogP contribution in [0, 0.1) is 0 Å². The van der Waals surface area contributed by atoms with Crippen LogP contribution in [0.3, 0.4) is 0 Å². The predicted molar refractivity (Wildman–Crippen MR) is 81.5 cm³/mol. The number of aromatic nitrogens is 4. The molecule has 0 saturated carbocycles. The SMILES string of the molecule is COc1nc2c(N)ncnc2n1[C@@H]1O[C@H](COP(N)O)[C@@H](O)[C@H]1O. The number of ether oxygens (including phenoxy) is 2. The van der Waals surface area contributed by atoms with E-state index in [1.54, 1.807) is 0 Å². The molecule has 0 amide bonds. The van der Waals surface area contributed by atoms with E-state index in [-0.39, 0.29) is 29.6 Å². The first kappa shape index (κ1) is 17.2. The third-order valence-electron chi connectivity index (χ3n) is 3.62. The number of nitrogens with zero attached hydrogens (tertiary/aromatic N) is 4. The number of nitrogen functional groups attached to an aromatic ring is 1. The molecular weight excluding hydrogens is 343 g/mol. The number of methoxy groups -OCH3 is 1. The second-order valence-corrected chi connectivity index (χ2v) is 5.91. The highest BCUT2D eigenvalue weighted by Gasteiger charge is 2.45. The number of hydrogen-bond acceptors (Lipinski definition) is 11. The van der Waals surface area contributed by atoms with E-state index in [0.717, 1.165) is 0 Å². The molecule has 1 fully saturated rings. The fourth-order valence-electron chi connectivity index (χ4n) is 2.51. The number of nitrogens with two attached hydrogens (primary N) is 2. The molecule has 13 heteroatoms. The lowest BCUT2D eigenvalue weighted by atomic mass is 10.1. The summed E-state index contributed by atoms with van der Waals surface area (Å²) in [6.45, 7) is -0.195. The second-order valence-electron chi connectivity index (χ2n) is 5.04. The van der Waals surface area contributed by atoms with Crippen molar-refractivity contribution in [1.82, 2.24) is 19.5 Å². The monoisotopic (exact) mass is 360 g/mol. The summed E-state index contributed by atoms with van der Waals surface area (Å²) in [7, 11) is -0.723. The van der Waals surface area contributed by atoms with E-state index in [9.17, 15) is 10.2 Å². The average Bonchev–Trinajstić information content (AvgIpc) is 3.05. The minimum Gasteiger partial charge on any atom is -0.468 e. The van der Waals surface area contributed by atoms with E-state index >= 15 is 0 Å². The van der Waals surface area contributed by atoms with Crippen molar-refractivity contribution in [1.29, 1.82) is 0 Å². The van der Waals surface area contributed by atoms with Gasteiger partial charge in [0.2, 0.25) is 8.53 Å². The van der Waals surface area contributed by atoms with Gasteiger partial charge < -0.3 is 34.8 Å². The zero-order valence-electron chi connectivity index (χ0n) is 12.6. The molecule has 0 spiro atoms. The van der Waals surface area contributed by atoms with E-state index in [1.165, 1.54) is 18.0 Å². The smallest absolute Gasteiger partial charge is 0.300 e. The highest BCUT2D eigenvalue weighted by molar-refractivity contribution is 7.43. The van der Waals surface area contributed by atoms with Gasteiger partial charge in [0.1, 0.15) is 24.6 Å². The molecule has 2 aromatic rings. The quantitative estimate of drug-likeness (QED) is 0.380. The molecule has 1 aliphatic heterocycles. The Morgan fingerprint density at radius 1 is 1.38 bits per heavy atom. The number of aliphatic hydroxyl groups is 2. The fourth-order valence-corrected chi connectivity index (χ4v) is 2.81. The van der Waals surface area contributed by atoms with Gasteiger partial charge in [0.15, 0.2) is 23.2 Å². The Kier molecular flexibility index (Phi) is 4.78. The third-order valence-corrected chi connectivity index (χ3v) is 4.03. The lowest BCUT2D eigenvalue weighted by molar-refractivity contribution is -0.0500. The van der Waals surface area contributed by atoms with E-state index < -0.39 is 33.1 Å². The summed E-state index contributed by atoms with van der Waals surface area (Å²) in [5.74, 6) is 0.138. The molecule has 12 nitrogen and oxygen atoms in total. The molecule has 2 aromatic heterocycles. The summed E-state index contributed by atoms with van der Waals surface area (Å²) >= 11 is 0. The molecule has 0 aromatic carbocycles. The minimum atomic E-state index is -2.10. The topological polar surface area (TPSA) is 184 Å². The molecule has 24 heavy (non-hydrogen) atoms. The van der Waals surface area contributed by atoms with Gasteiger partial charge in [0, 0.05) is 0 Å².